The van der Waals surface area contributed by atoms with E-state index in [0.29, 0.717) is 6.42 Å². The van der Waals surface area contributed by atoms with Gasteiger partial charge >= 0.3 is 12.1 Å². The third kappa shape index (κ3) is 6.94. The Morgan fingerprint density at radius 3 is 2.17 bits per heavy atom. The van der Waals surface area contributed by atoms with Crippen LogP contribution in [0.3, 0.4) is 0 Å². The van der Waals surface area contributed by atoms with Gasteiger partial charge in [-0.3, -0.25) is 9.59 Å². The van der Waals surface area contributed by atoms with Crippen molar-refractivity contribution in [2.75, 3.05) is 19.7 Å². The molecule has 0 radical (unpaired) electrons. The van der Waals surface area contributed by atoms with E-state index in [4.69, 9.17) is 9.84 Å². The average Bonchev–Trinajstić information content (AvgIpc) is 3.09. The smallest absolute Gasteiger partial charge is 0.407 e. The Bertz CT molecular complexity index is 1040. The molecule has 2 aromatic carbocycles. The molecule has 3 rings (SSSR count). The van der Waals surface area contributed by atoms with Crippen LogP contribution in [0, 0.1) is 5.41 Å². The van der Waals surface area contributed by atoms with Crippen molar-refractivity contribution in [2.45, 2.75) is 45.6 Å². The van der Waals surface area contributed by atoms with Crippen molar-refractivity contribution in [3.05, 3.63) is 72.3 Å². The zero-order chi connectivity index (χ0) is 25.6. The molecule has 2 amide bonds. The van der Waals surface area contributed by atoms with Crippen molar-refractivity contribution in [2.24, 2.45) is 5.41 Å². The normalized spacial score (nSPS) is 13.3. The maximum absolute atomic E-state index is 12.8. The minimum Gasteiger partial charge on any atom is -0.480 e. The molecule has 0 heterocycles. The van der Waals surface area contributed by atoms with Gasteiger partial charge in [-0.1, -0.05) is 75.4 Å². The number of benzene rings is 2. The predicted octanol–water partition coefficient (Wildman–Crippen LogP) is 4.82. The summed E-state index contributed by atoms with van der Waals surface area (Å²) in [6.45, 7) is 9.53. The molecule has 1 aliphatic rings. The van der Waals surface area contributed by atoms with Gasteiger partial charge in [0.2, 0.25) is 5.91 Å². The van der Waals surface area contributed by atoms with Crippen LogP contribution in [0.1, 0.15) is 50.7 Å². The summed E-state index contributed by atoms with van der Waals surface area (Å²) >= 11 is 0. The minimum atomic E-state index is -1.10. The van der Waals surface area contributed by atoms with E-state index in [0.717, 1.165) is 22.3 Å². The van der Waals surface area contributed by atoms with Crippen LogP contribution in [0.4, 0.5) is 4.79 Å². The number of hydrogen-bond acceptors (Lipinski definition) is 4. The lowest BCUT2D eigenvalue weighted by molar-refractivity contribution is -0.144. The summed E-state index contributed by atoms with van der Waals surface area (Å²) in [5, 5.41) is 12.0. The summed E-state index contributed by atoms with van der Waals surface area (Å²) in [6, 6.07) is 15.7. The van der Waals surface area contributed by atoms with E-state index in [9.17, 15) is 14.4 Å². The number of hydrogen-bond donors (Lipinski definition) is 2. The number of amides is 2. The van der Waals surface area contributed by atoms with E-state index >= 15 is 0 Å². The summed E-state index contributed by atoms with van der Waals surface area (Å²) in [6.07, 6.45) is 1.39. The molecule has 0 saturated heterocycles. The Hall–Kier alpha value is -3.61. The third-order valence-corrected chi connectivity index (χ3v) is 5.97. The predicted molar refractivity (Wildman–Crippen MR) is 135 cm³/mol. The molecular formula is C28H34N2O5. The first-order valence-electron chi connectivity index (χ1n) is 11.8. The highest BCUT2D eigenvalue weighted by atomic mass is 16.5. The molecule has 7 nitrogen and oxygen atoms in total. The van der Waals surface area contributed by atoms with Gasteiger partial charge in [0.15, 0.2) is 0 Å². The minimum absolute atomic E-state index is 0.0252. The van der Waals surface area contributed by atoms with Gasteiger partial charge in [-0.2, -0.15) is 0 Å². The number of nitrogens with zero attached hydrogens (tertiary/aromatic N) is 1. The number of carboxylic acids is 1. The van der Waals surface area contributed by atoms with Crippen LogP contribution in [0.15, 0.2) is 61.2 Å². The Morgan fingerprint density at radius 2 is 1.66 bits per heavy atom. The van der Waals surface area contributed by atoms with Crippen LogP contribution in [-0.4, -0.2) is 53.7 Å². The summed E-state index contributed by atoms with van der Waals surface area (Å²) < 4.78 is 5.65. The van der Waals surface area contributed by atoms with E-state index in [1.807, 2.05) is 45.0 Å². The Balaban J connectivity index is 1.68. The molecule has 0 saturated carbocycles. The number of fused-ring (bicyclic) bond motifs is 3. The van der Waals surface area contributed by atoms with Gasteiger partial charge in [0.1, 0.15) is 13.2 Å². The number of rotatable bonds is 10. The zero-order valence-electron chi connectivity index (χ0n) is 20.6. The highest BCUT2D eigenvalue weighted by Crippen LogP contribution is 2.44. The highest BCUT2D eigenvalue weighted by molar-refractivity contribution is 5.82. The summed E-state index contributed by atoms with van der Waals surface area (Å²) in [5.74, 6) is -1.52. The lowest BCUT2D eigenvalue weighted by Gasteiger charge is -2.28. The number of ether oxygens (including phenoxy) is 1. The van der Waals surface area contributed by atoms with Crippen LogP contribution in [-0.2, 0) is 14.3 Å². The van der Waals surface area contributed by atoms with E-state index in [2.05, 4.69) is 36.2 Å². The monoisotopic (exact) mass is 478 g/mol. The van der Waals surface area contributed by atoms with E-state index in [-0.39, 0.29) is 36.8 Å². The van der Waals surface area contributed by atoms with Crippen molar-refractivity contribution < 1.29 is 24.2 Å². The van der Waals surface area contributed by atoms with Crippen molar-refractivity contribution in [1.82, 2.24) is 10.2 Å². The maximum Gasteiger partial charge on any atom is 0.407 e. The van der Waals surface area contributed by atoms with Gasteiger partial charge in [0.25, 0.3) is 0 Å². The first kappa shape index (κ1) is 26.0. The molecule has 0 spiro atoms. The lowest BCUT2D eigenvalue weighted by Crippen LogP contribution is -2.44. The molecule has 186 valence electrons. The molecule has 1 atom stereocenters. The van der Waals surface area contributed by atoms with Crippen molar-refractivity contribution >= 4 is 18.0 Å². The van der Waals surface area contributed by atoms with Crippen LogP contribution >= 0.6 is 0 Å². The number of carboxylic acid groups (broad SMARTS) is 1. The Kier molecular flexibility index (Phi) is 8.33. The molecule has 2 aromatic rings. The molecule has 0 aromatic heterocycles. The maximum atomic E-state index is 12.8. The SMILES string of the molecule is C=CCN(CC(=O)O)C(=O)CC(CC(C)(C)C)NC(=O)OCC1c2ccccc2-c2ccccc21. The van der Waals surface area contributed by atoms with Gasteiger partial charge in [-0.25, -0.2) is 4.79 Å². The first-order valence-corrected chi connectivity index (χ1v) is 11.8. The van der Waals surface area contributed by atoms with Crippen molar-refractivity contribution in [3.63, 3.8) is 0 Å². The molecule has 35 heavy (non-hydrogen) atoms. The number of carbonyl (C=O) groups excluding carboxylic acids is 2. The van der Waals surface area contributed by atoms with E-state index in [1.54, 1.807) is 0 Å². The van der Waals surface area contributed by atoms with Crippen molar-refractivity contribution in [1.29, 1.82) is 0 Å². The summed E-state index contributed by atoms with van der Waals surface area (Å²) in [4.78, 5) is 38.0. The molecule has 1 aliphatic carbocycles. The number of nitrogens with one attached hydrogen (secondary N) is 1. The standard InChI is InChI=1S/C28H34N2O5/c1-5-14-30(17-26(32)33)25(31)15-19(16-28(2,3)4)29-27(34)35-18-24-22-12-8-6-10-20(22)21-11-7-9-13-23(21)24/h5-13,19,24H,1,14-18H2,2-4H3,(H,29,34)(H,32,33). The van der Waals surface area contributed by atoms with Crippen LogP contribution in [0.2, 0.25) is 0 Å². The van der Waals surface area contributed by atoms with Gasteiger partial charge in [-0.15, -0.1) is 6.58 Å². The van der Waals surface area contributed by atoms with Crippen LogP contribution in [0.5, 0.6) is 0 Å². The number of aliphatic carboxylic acids is 1. The third-order valence-electron chi connectivity index (χ3n) is 5.97. The topological polar surface area (TPSA) is 95.9 Å². The fourth-order valence-electron chi connectivity index (χ4n) is 4.63. The molecular weight excluding hydrogens is 444 g/mol. The van der Waals surface area contributed by atoms with Gasteiger partial charge in [-0.05, 0) is 34.1 Å². The summed E-state index contributed by atoms with van der Waals surface area (Å²) in [7, 11) is 0. The molecule has 0 bridgehead atoms. The molecule has 2 N–H and O–H groups in total. The molecule has 7 heteroatoms. The van der Waals surface area contributed by atoms with Crippen LogP contribution < -0.4 is 5.32 Å². The van der Waals surface area contributed by atoms with Crippen molar-refractivity contribution in [3.8, 4) is 11.1 Å². The fraction of sp³-hybridized carbons (Fsp3) is 0.393. The van der Waals surface area contributed by atoms with Gasteiger partial charge in [0.05, 0.1) is 0 Å². The Labute approximate surface area is 206 Å². The quantitative estimate of drug-likeness (QED) is 0.478. The van der Waals surface area contributed by atoms with Gasteiger partial charge in [0, 0.05) is 24.9 Å². The molecule has 1 unspecified atom stereocenters. The fourth-order valence-corrected chi connectivity index (χ4v) is 4.63. The lowest BCUT2D eigenvalue weighted by atomic mass is 9.87. The Morgan fingerprint density at radius 1 is 1.09 bits per heavy atom. The van der Waals surface area contributed by atoms with E-state index in [1.165, 1.54) is 11.0 Å². The highest BCUT2D eigenvalue weighted by Gasteiger charge is 2.30. The second-order valence-corrected chi connectivity index (χ2v) is 10.1. The zero-order valence-corrected chi connectivity index (χ0v) is 20.6. The van der Waals surface area contributed by atoms with E-state index < -0.39 is 24.6 Å². The second-order valence-electron chi connectivity index (χ2n) is 10.1. The first-order chi connectivity index (χ1) is 16.6. The number of alkyl carbamates (subject to hydrolysis) is 1. The largest absolute Gasteiger partial charge is 0.480 e. The average molecular weight is 479 g/mol. The second kappa shape index (κ2) is 11.2. The number of carbonyl (C=O) groups is 3. The van der Waals surface area contributed by atoms with Crippen LogP contribution in [0.25, 0.3) is 11.1 Å². The molecule has 0 fully saturated rings. The van der Waals surface area contributed by atoms with Gasteiger partial charge < -0.3 is 20.1 Å². The molecule has 0 aliphatic heterocycles. The summed E-state index contributed by atoms with van der Waals surface area (Å²) in [5.41, 5.74) is 4.37.